The van der Waals surface area contributed by atoms with Crippen molar-refractivity contribution in [3.63, 3.8) is 0 Å². The number of thiazole rings is 1. The molecule has 0 radical (unpaired) electrons. The Hall–Kier alpha value is -2.33. The number of phenols is 1. The highest BCUT2D eigenvalue weighted by molar-refractivity contribution is 7.16. The summed E-state index contributed by atoms with van der Waals surface area (Å²) in [5.74, 6) is 0.352. The Bertz CT molecular complexity index is 947. The molecule has 2 aromatic carbocycles. The molecule has 1 heterocycles. The number of aryl methyl sites for hydroxylation is 1. The van der Waals surface area contributed by atoms with E-state index in [0.29, 0.717) is 18.8 Å². The molecule has 1 aromatic heterocycles. The van der Waals surface area contributed by atoms with Crippen molar-refractivity contribution in [3.05, 3.63) is 59.9 Å². The molecule has 0 bridgehead atoms. The van der Waals surface area contributed by atoms with E-state index in [1.54, 1.807) is 17.4 Å². The monoisotopic (exact) mass is 310 g/mol. The summed E-state index contributed by atoms with van der Waals surface area (Å²) >= 11 is 1.60. The first kappa shape index (κ1) is 14.6. The highest BCUT2D eigenvalue weighted by Crippen LogP contribution is 2.37. The minimum absolute atomic E-state index is 0.352. The van der Waals surface area contributed by atoms with Crippen LogP contribution in [0, 0.1) is 6.92 Å². The van der Waals surface area contributed by atoms with Crippen molar-refractivity contribution in [2.24, 2.45) is 4.99 Å². The van der Waals surface area contributed by atoms with Gasteiger partial charge in [0, 0.05) is 22.9 Å². The molecule has 0 aliphatic carbocycles. The molecule has 0 saturated carbocycles. The molecule has 4 heteroatoms. The number of aromatic hydroxyl groups is 1. The average Bonchev–Trinajstić information content (AvgIpc) is 2.90. The molecule has 0 aliphatic rings. The van der Waals surface area contributed by atoms with E-state index in [1.807, 2.05) is 37.3 Å². The lowest BCUT2D eigenvalue weighted by Crippen LogP contribution is -2.14. The minimum Gasteiger partial charge on any atom is -0.507 e. The summed E-state index contributed by atoms with van der Waals surface area (Å²) in [4.78, 5) is 5.52. The van der Waals surface area contributed by atoms with E-state index < -0.39 is 0 Å². The second kappa shape index (κ2) is 5.81. The van der Waals surface area contributed by atoms with Gasteiger partial charge in [0.15, 0.2) is 4.80 Å². The van der Waals surface area contributed by atoms with Gasteiger partial charge in [-0.05, 0) is 6.92 Å². The predicted octanol–water partition coefficient (Wildman–Crippen LogP) is 4.14. The maximum atomic E-state index is 10.5. The molecule has 22 heavy (non-hydrogen) atoms. The van der Waals surface area contributed by atoms with Gasteiger partial charge in [-0.3, -0.25) is 4.99 Å². The molecule has 3 nitrogen and oxygen atoms in total. The first-order valence-corrected chi connectivity index (χ1v) is 7.96. The SMILES string of the molecule is C=CC/N=c1\sc2c(C)c(O)c3ccccc3c2n1CC=C. The molecular weight excluding hydrogens is 292 g/mol. The lowest BCUT2D eigenvalue weighted by molar-refractivity contribution is 0.478. The van der Waals surface area contributed by atoms with E-state index in [2.05, 4.69) is 22.7 Å². The van der Waals surface area contributed by atoms with Crippen LogP contribution < -0.4 is 4.80 Å². The molecule has 0 fully saturated rings. The highest BCUT2D eigenvalue weighted by Gasteiger charge is 2.15. The van der Waals surface area contributed by atoms with Crippen LogP contribution in [-0.4, -0.2) is 16.2 Å². The van der Waals surface area contributed by atoms with E-state index in [-0.39, 0.29) is 0 Å². The van der Waals surface area contributed by atoms with Crippen LogP contribution in [0.3, 0.4) is 0 Å². The van der Waals surface area contributed by atoms with Gasteiger partial charge < -0.3 is 9.67 Å². The van der Waals surface area contributed by atoms with Gasteiger partial charge in [-0.2, -0.15) is 0 Å². The van der Waals surface area contributed by atoms with Gasteiger partial charge in [0.2, 0.25) is 0 Å². The normalized spacial score (nSPS) is 12.1. The van der Waals surface area contributed by atoms with Gasteiger partial charge in [-0.1, -0.05) is 47.8 Å². The zero-order chi connectivity index (χ0) is 15.7. The van der Waals surface area contributed by atoms with Gasteiger partial charge in [0.05, 0.1) is 16.8 Å². The fourth-order valence-corrected chi connectivity index (χ4v) is 3.86. The Morgan fingerprint density at radius 3 is 2.64 bits per heavy atom. The maximum absolute atomic E-state index is 10.5. The van der Waals surface area contributed by atoms with E-state index in [9.17, 15) is 5.11 Å². The van der Waals surface area contributed by atoms with Crippen LogP contribution in [0.4, 0.5) is 0 Å². The summed E-state index contributed by atoms with van der Waals surface area (Å²) < 4.78 is 3.23. The Labute approximate surface area is 133 Å². The van der Waals surface area contributed by atoms with Crippen LogP contribution in [0.2, 0.25) is 0 Å². The lowest BCUT2D eigenvalue weighted by Gasteiger charge is -2.09. The second-order valence-electron chi connectivity index (χ2n) is 5.11. The fraction of sp³-hybridized carbons (Fsp3) is 0.167. The van der Waals surface area contributed by atoms with Gasteiger partial charge in [0.25, 0.3) is 0 Å². The van der Waals surface area contributed by atoms with Gasteiger partial charge in [-0.15, -0.1) is 13.2 Å². The van der Waals surface area contributed by atoms with Crippen molar-refractivity contribution in [2.45, 2.75) is 13.5 Å². The smallest absolute Gasteiger partial charge is 0.186 e. The number of allylic oxidation sites excluding steroid dienone is 1. The molecule has 0 unspecified atom stereocenters. The summed E-state index contributed by atoms with van der Waals surface area (Å²) in [7, 11) is 0. The standard InChI is InChI=1S/C18H18N2OS/c1-4-10-19-18-20(11-5-2)15-13-8-6-7-9-14(13)16(21)12(3)17(15)22-18/h4-9,21H,1-2,10-11H2,3H3/b19-18-. The number of rotatable bonds is 4. The second-order valence-corrected chi connectivity index (χ2v) is 6.09. The average molecular weight is 310 g/mol. The third-order valence-electron chi connectivity index (χ3n) is 3.71. The molecule has 3 rings (SSSR count). The molecule has 0 spiro atoms. The van der Waals surface area contributed by atoms with Crippen LogP contribution >= 0.6 is 11.3 Å². The van der Waals surface area contributed by atoms with E-state index in [0.717, 1.165) is 31.4 Å². The molecule has 0 saturated heterocycles. The zero-order valence-corrected chi connectivity index (χ0v) is 13.4. The largest absolute Gasteiger partial charge is 0.507 e. The fourth-order valence-electron chi connectivity index (χ4n) is 2.70. The van der Waals surface area contributed by atoms with Crippen LogP contribution in [0.5, 0.6) is 5.75 Å². The van der Waals surface area contributed by atoms with Crippen molar-refractivity contribution in [3.8, 4) is 5.75 Å². The van der Waals surface area contributed by atoms with Crippen molar-refractivity contribution in [1.29, 1.82) is 0 Å². The Morgan fingerprint density at radius 1 is 1.23 bits per heavy atom. The van der Waals surface area contributed by atoms with Crippen molar-refractivity contribution in [2.75, 3.05) is 6.54 Å². The summed E-state index contributed by atoms with van der Waals surface area (Å²) in [5, 5.41) is 12.4. The number of fused-ring (bicyclic) bond motifs is 3. The summed E-state index contributed by atoms with van der Waals surface area (Å²) in [6.07, 6.45) is 3.65. The molecule has 0 amide bonds. The molecule has 0 aliphatic heterocycles. The lowest BCUT2D eigenvalue weighted by atomic mass is 10.0. The molecule has 112 valence electrons. The van der Waals surface area contributed by atoms with Gasteiger partial charge in [0.1, 0.15) is 5.75 Å². The number of hydrogen-bond acceptors (Lipinski definition) is 3. The summed E-state index contributed by atoms with van der Waals surface area (Å²) in [6, 6.07) is 7.93. The van der Waals surface area contributed by atoms with Crippen molar-refractivity contribution < 1.29 is 5.11 Å². The molecule has 0 atom stereocenters. The topological polar surface area (TPSA) is 37.5 Å². The first-order chi connectivity index (χ1) is 10.7. The number of aromatic nitrogens is 1. The van der Waals surface area contributed by atoms with Gasteiger partial charge >= 0.3 is 0 Å². The van der Waals surface area contributed by atoms with E-state index >= 15 is 0 Å². The molecule has 3 aromatic rings. The Balaban J connectivity index is 2.55. The summed E-state index contributed by atoms with van der Waals surface area (Å²) in [6.45, 7) is 10.8. The minimum atomic E-state index is 0.352. The number of phenolic OH excluding ortho intramolecular Hbond substituents is 1. The maximum Gasteiger partial charge on any atom is 0.186 e. The Kier molecular flexibility index (Phi) is 3.86. The number of nitrogens with zero attached hydrogens (tertiary/aromatic N) is 2. The number of hydrogen-bond donors (Lipinski definition) is 1. The quantitative estimate of drug-likeness (QED) is 0.722. The van der Waals surface area contributed by atoms with Crippen LogP contribution in [0.15, 0.2) is 54.6 Å². The van der Waals surface area contributed by atoms with Crippen molar-refractivity contribution in [1.82, 2.24) is 4.57 Å². The van der Waals surface area contributed by atoms with E-state index in [1.165, 1.54) is 0 Å². The van der Waals surface area contributed by atoms with Crippen LogP contribution in [0.25, 0.3) is 21.0 Å². The van der Waals surface area contributed by atoms with E-state index in [4.69, 9.17) is 0 Å². The summed E-state index contributed by atoms with van der Waals surface area (Å²) in [5.41, 5.74) is 2.01. The molecule has 1 N–H and O–H groups in total. The number of benzene rings is 2. The van der Waals surface area contributed by atoms with Gasteiger partial charge in [-0.25, -0.2) is 0 Å². The third kappa shape index (κ3) is 2.16. The van der Waals surface area contributed by atoms with Crippen LogP contribution in [0.1, 0.15) is 5.56 Å². The first-order valence-electron chi connectivity index (χ1n) is 7.15. The zero-order valence-electron chi connectivity index (χ0n) is 12.5. The molecular formula is C18H18N2OS. The third-order valence-corrected chi connectivity index (χ3v) is 4.95. The van der Waals surface area contributed by atoms with Crippen molar-refractivity contribution >= 4 is 32.3 Å². The highest BCUT2D eigenvalue weighted by atomic mass is 32.1. The predicted molar refractivity (Wildman–Crippen MR) is 94.5 cm³/mol. The van der Waals surface area contributed by atoms with Crippen LogP contribution in [-0.2, 0) is 6.54 Å². The Morgan fingerprint density at radius 2 is 1.95 bits per heavy atom.